The molecule has 2 aromatic rings. The van der Waals surface area contributed by atoms with E-state index in [2.05, 4.69) is 70.1 Å². The molecule has 1 aromatic carbocycles. The lowest BCUT2D eigenvalue weighted by atomic mass is 10.1. The van der Waals surface area contributed by atoms with Crippen molar-refractivity contribution in [1.82, 2.24) is 15.4 Å². The Morgan fingerprint density at radius 2 is 1.64 bits per heavy atom. The van der Waals surface area contributed by atoms with Crippen LogP contribution < -0.4 is 0 Å². The van der Waals surface area contributed by atoms with Crippen LogP contribution in [0.4, 0.5) is 0 Å². The second-order valence-electron chi connectivity index (χ2n) is 2.79. The number of hydrogen-bond acceptors (Lipinski definition) is 2. The third-order valence-corrected chi connectivity index (χ3v) is 5.55. The molecule has 1 aromatic heterocycles. The van der Waals surface area contributed by atoms with E-state index in [1.54, 1.807) is 0 Å². The first-order chi connectivity index (χ1) is 6.66. The van der Waals surface area contributed by atoms with Gasteiger partial charge in [-0.25, -0.2) is 0 Å². The number of H-pyrrole nitrogens is 1. The topological polar surface area (TPSA) is 41.6 Å². The Labute approximate surface area is 106 Å². The minimum atomic E-state index is 0.858. The predicted molar refractivity (Wildman–Crippen MR) is 66.4 cm³/mol. The molecule has 1 heterocycles. The number of aromatic nitrogens is 3. The van der Waals surface area contributed by atoms with E-state index < -0.39 is 0 Å². The monoisotopic (exact) mass is 381 g/mol. The average molecular weight is 384 g/mol. The first-order valence-electron chi connectivity index (χ1n) is 4.02. The fourth-order valence-electron chi connectivity index (χ4n) is 1.35. The highest BCUT2D eigenvalue weighted by Crippen LogP contribution is 2.39. The Morgan fingerprint density at radius 3 is 2.29 bits per heavy atom. The molecule has 0 aliphatic carbocycles. The number of benzene rings is 1. The fraction of sp³-hybridized carbons (Fsp3) is 0.250. The van der Waals surface area contributed by atoms with Crippen molar-refractivity contribution in [3.05, 3.63) is 19.0 Å². The van der Waals surface area contributed by atoms with Crippen molar-refractivity contribution in [1.29, 1.82) is 0 Å². The number of aryl methyl sites for hydroxylation is 1. The van der Waals surface area contributed by atoms with Crippen molar-refractivity contribution in [3.63, 3.8) is 0 Å². The highest BCUT2D eigenvalue weighted by molar-refractivity contribution is 9.14. The first-order valence-corrected chi connectivity index (χ1v) is 6.40. The van der Waals surface area contributed by atoms with Crippen LogP contribution in [-0.2, 0) is 6.42 Å². The van der Waals surface area contributed by atoms with Crippen molar-refractivity contribution in [2.45, 2.75) is 13.3 Å². The zero-order valence-electron chi connectivity index (χ0n) is 7.24. The third-order valence-electron chi connectivity index (χ3n) is 2.05. The SMILES string of the molecule is CCc1c(Br)c(Br)c(Br)c2n[nH]nc12. The van der Waals surface area contributed by atoms with Crippen molar-refractivity contribution in [2.75, 3.05) is 0 Å². The summed E-state index contributed by atoms with van der Waals surface area (Å²) in [5, 5.41) is 10.9. The maximum atomic E-state index is 4.14. The number of halogens is 3. The van der Waals surface area contributed by atoms with Crippen LogP contribution in [0.1, 0.15) is 12.5 Å². The molecule has 2 rings (SSSR count). The largest absolute Gasteiger partial charge is 0.197 e. The Balaban J connectivity index is 2.95. The minimum absolute atomic E-state index is 0.858. The van der Waals surface area contributed by atoms with Crippen LogP contribution in [0.3, 0.4) is 0 Å². The molecule has 0 fully saturated rings. The number of nitrogens with one attached hydrogen (secondary N) is 1. The van der Waals surface area contributed by atoms with Crippen LogP contribution in [-0.4, -0.2) is 15.4 Å². The number of hydrogen-bond donors (Lipinski definition) is 1. The summed E-state index contributed by atoms with van der Waals surface area (Å²) in [7, 11) is 0. The smallest absolute Gasteiger partial charge is 0.128 e. The summed E-state index contributed by atoms with van der Waals surface area (Å²) < 4.78 is 2.94. The molecule has 0 saturated heterocycles. The standard InChI is InChI=1S/C8H6Br3N3/c1-2-3-4(9)5(10)6(11)8-7(3)12-14-13-8/h2H2,1H3,(H,12,13,14). The van der Waals surface area contributed by atoms with Gasteiger partial charge in [0, 0.05) is 8.95 Å². The molecule has 0 atom stereocenters. The van der Waals surface area contributed by atoms with Gasteiger partial charge in [0.25, 0.3) is 0 Å². The highest BCUT2D eigenvalue weighted by atomic mass is 79.9. The van der Waals surface area contributed by atoms with Gasteiger partial charge in [0.1, 0.15) is 11.0 Å². The van der Waals surface area contributed by atoms with Gasteiger partial charge in [0.05, 0.1) is 4.47 Å². The van der Waals surface area contributed by atoms with E-state index in [9.17, 15) is 0 Å². The Bertz CT molecular complexity index is 492. The average Bonchev–Trinajstić information content (AvgIpc) is 2.64. The van der Waals surface area contributed by atoms with Crippen molar-refractivity contribution in [3.8, 4) is 0 Å². The summed E-state index contributed by atoms with van der Waals surface area (Å²) in [6.45, 7) is 2.09. The Morgan fingerprint density at radius 1 is 1.00 bits per heavy atom. The number of fused-ring (bicyclic) bond motifs is 1. The minimum Gasteiger partial charge on any atom is -0.197 e. The van der Waals surface area contributed by atoms with Crippen LogP contribution >= 0.6 is 47.8 Å². The summed E-state index contributed by atoms with van der Waals surface area (Å²) >= 11 is 10.5. The Hall–Kier alpha value is 0.0600. The molecule has 0 bridgehead atoms. The van der Waals surface area contributed by atoms with Gasteiger partial charge in [-0.15, -0.1) is 0 Å². The summed E-state index contributed by atoms with van der Waals surface area (Å²) in [5.74, 6) is 0. The third kappa shape index (κ3) is 1.44. The van der Waals surface area contributed by atoms with E-state index in [-0.39, 0.29) is 0 Å². The molecule has 0 aliphatic rings. The molecule has 14 heavy (non-hydrogen) atoms. The van der Waals surface area contributed by atoms with Gasteiger partial charge in [-0.3, -0.25) is 0 Å². The zero-order chi connectivity index (χ0) is 10.3. The van der Waals surface area contributed by atoms with Crippen LogP contribution in [0.2, 0.25) is 0 Å². The van der Waals surface area contributed by atoms with Crippen LogP contribution in [0.25, 0.3) is 11.0 Å². The second kappa shape index (κ2) is 3.90. The van der Waals surface area contributed by atoms with E-state index in [0.717, 1.165) is 36.4 Å². The number of rotatable bonds is 1. The van der Waals surface area contributed by atoms with Crippen LogP contribution in [0.5, 0.6) is 0 Å². The lowest BCUT2D eigenvalue weighted by Crippen LogP contribution is -1.89. The summed E-state index contributed by atoms with van der Waals surface area (Å²) in [6.07, 6.45) is 0.912. The van der Waals surface area contributed by atoms with Gasteiger partial charge in [0.15, 0.2) is 0 Å². The second-order valence-corrected chi connectivity index (χ2v) is 5.17. The predicted octanol–water partition coefficient (Wildman–Crippen LogP) is 3.81. The summed E-state index contributed by atoms with van der Waals surface area (Å²) in [6, 6.07) is 0. The molecular weight excluding hydrogens is 378 g/mol. The maximum absolute atomic E-state index is 4.14. The number of nitrogens with zero attached hydrogens (tertiary/aromatic N) is 2. The van der Waals surface area contributed by atoms with Gasteiger partial charge < -0.3 is 0 Å². The molecular formula is C8H6Br3N3. The first kappa shape index (κ1) is 10.6. The summed E-state index contributed by atoms with van der Waals surface area (Å²) in [5.41, 5.74) is 2.93. The maximum Gasteiger partial charge on any atom is 0.128 e. The van der Waals surface area contributed by atoms with E-state index in [1.165, 1.54) is 0 Å². The molecule has 6 heteroatoms. The van der Waals surface area contributed by atoms with Crippen molar-refractivity contribution in [2.24, 2.45) is 0 Å². The van der Waals surface area contributed by atoms with E-state index in [0.29, 0.717) is 0 Å². The lowest BCUT2D eigenvalue weighted by molar-refractivity contribution is 0.955. The molecule has 1 N–H and O–H groups in total. The van der Waals surface area contributed by atoms with Crippen molar-refractivity contribution < 1.29 is 0 Å². The van der Waals surface area contributed by atoms with Gasteiger partial charge in [0.2, 0.25) is 0 Å². The molecule has 0 amide bonds. The van der Waals surface area contributed by atoms with Crippen LogP contribution in [0, 0.1) is 0 Å². The van der Waals surface area contributed by atoms with E-state index >= 15 is 0 Å². The Kier molecular flexibility index (Phi) is 2.95. The number of aromatic amines is 1. The molecule has 0 saturated carbocycles. The molecule has 3 nitrogen and oxygen atoms in total. The van der Waals surface area contributed by atoms with Gasteiger partial charge >= 0.3 is 0 Å². The van der Waals surface area contributed by atoms with E-state index in [4.69, 9.17) is 0 Å². The quantitative estimate of drug-likeness (QED) is 0.761. The highest BCUT2D eigenvalue weighted by Gasteiger charge is 2.16. The van der Waals surface area contributed by atoms with Gasteiger partial charge in [-0.05, 0) is 59.8 Å². The molecule has 0 unspecified atom stereocenters. The molecule has 0 radical (unpaired) electrons. The fourth-order valence-corrected chi connectivity index (χ4v) is 3.19. The van der Waals surface area contributed by atoms with Gasteiger partial charge in [-0.2, -0.15) is 15.4 Å². The lowest BCUT2D eigenvalue weighted by Gasteiger charge is -2.06. The molecule has 0 spiro atoms. The van der Waals surface area contributed by atoms with Gasteiger partial charge in [-0.1, -0.05) is 6.92 Å². The molecule has 74 valence electrons. The normalized spacial score (nSPS) is 11.1. The molecule has 0 aliphatic heterocycles. The van der Waals surface area contributed by atoms with Crippen LogP contribution in [0.15, 0.2) is 13.4 Å². The van der Waals surface area contributed by atoms with Crippen molar-refractivity contribution >= 4 is 58.8 Å². The van der Waals surface area contributed by atoms with E-state index in [1.807, 2.05) is 0 Å². The summed E-state index contributed by atoms with van der Waals surface area (Å²) in [4.78, 5) is 0. The zero-order valence-corrected chi connectivity index (χ0v) is 12.0.